The summed E-state index contributed by atoms with van der Waals surface area (Å²) >= 11 is 0. The summed E-state index contributed by atoms with van der Waals surface area (Å²) in [5.74, 6) is 0. The molecule has 1 aromatic heterocycles. The van der Waals surface area contributed by atoms with Crippen molar-refractivity contribution in [3.63, 3.8) is 0 Å². The van der Waals surface area contributed by atoms with Crippen LogP contribution < -0.4 is 5.73 Å². The van der Waals surface area contributed by atoms with E-state index in [4.69, 9.17) is 11.0 Å². The van der Waals surface area contributed by atoms with Crippen molar-refractivity contribution in [2.24, 2.45) is 5.73 Å². The van der Waals surface area contributed by atoms with Crippen LogP contribution in [0.3, 0.4) is 0 Å². The monoisotopic (exact) mass is 173 g/mol. The predicted octanol–water partition coefficient (Wildman–Crippen LogP) is 1.23. The third kappa shape index (κ3) is 2.39. The minimum absolute atomic E-state index is 0.477. The smallest absolute Gasteiger partial charge is 0.143 e. The van der Waals surface area contributed by atoms with Gasteiger partial charge in [-0.15, -0.1) is 0 Å². The summed E-state index contributed by atoms with van der Waals surface area (Å²) in [5.41, 5.74) is 7.65. The molecule has 0 atom stereocenters. The summed E-state index contributed by atoms with van der Waals surface area (Å²) in [6.45, 7) is 2.38. The van der Waals surface area contributed by atoms with E-state index in [0.29, 0.717) is 12.2 Å². The van der Waals surface area contributed by atoms with Gasteiger partial charge >= 0.3 is 0 Å². The number of pyridine rings is 1. The number of hydrogen-bond acceptors (Lipinski definition) is 3. The van der Waals surface area contributed by atoms with Gasteiger partial charge in [-0.1, -0.05) is 12.2 Å². The number of nitriles is 1. The molecule has 66 valence electrons. The van der Waals surface area contributed by atoms with Crippen molar-refractivity contribution in [3.05, 3.63) is 35.2 Å². The van der Waals surface area contributed by atoms with E-state index in [9.17, 15) is 0 Å². The molecule has 3 nitrogen and oxygen atoms in total. The van der Waals surface area contributed by atoms with Crippen LogP contribution in [0.1, 0.15) is 16.8 Å². The van der Waals surface area contributed by atoms with E-state index in [1.54, 1.807) is 6.20 Å². The lowest BCUT2D eigenvalue weighted by atomic mass is 10.1. The lowest BCUT2D eigenvalue weighted by molar-refractivity contribution is 1.20. The summed E-state index contributed by atoms with van der Waals surface area (Å²) in [5, 5.41) is 8.63. The van der Waals surface area contributed by atoms with E-state index >= 15 is 0 Å². The lowest BCUT2D eigenvalue weighted by Gasteiger charge is -1.97. The maximum absolute atomic E-state index is 8.63. The van der Waals surface area contributed by atoms with Gasteiger partial charge < -0.3 is 5.73 Å². The highest BCUT2D eigenvalue weighted by Crippen LogP contribution is 2.07. The molecule has 0 unspecified atom stereocenters. The fourth-order valence-corrected chi connectivity index (χ4v) is 1.01. The molecule has 0 spiro atoms. The fraction of sp³-hybridized carbons (Fsp3) is 0.200. The average molecular weight is 173 g/mol. The zero-order valence-corrected chi connectivity index (χ0v) is 7.49. The van der Waals surface area contributed by atoms with Crippen LogP contribution in [0.25, 0.3) is 6.08 Å². The van der Waals surface area contributed by atoms with Crippen molar-refractivity contribution in [2.75, 3.05) is 6.54 Å². The summed E-state index contributed by atoms with van der Waals surface area (Å²) in [6, 6.07) is 3.93. The lowest BCUT2D eigenvalue weighted by Crippen LogP contribution is -1.93. The Balaban J connectivity index is 2.97. The zero-order chi connectivity index (χ0) is 9.68. The predicted molar refractivity (Wildman–Crippen MR) is 51.8 cm³/mol. The van der Waals surface area contributed by atoms with Crippen molar-refractivity contribution < 1.29 is 0 Å². The summed E-state index contributed by atoms with van der Waals surface area (Å²) in [7, 11) is 0. The summed E-state index contributed by atoms with van der Waals surface area (Å²) in [6.07, 6.45) is 5.40. The Morgan fingerprint density at radius 1 is 1.69 bits per heavy atom. The van der Waals surface area contributed by atoms with Gasteiger partial charge in [0.1, 0.15) is 11.8 Å². The van der Waals surface area contributed by atoms with Gasteiger partial charge in [-0.25, -0.2) is 4.98 Å². The molecule has 0 aromatic carbocycles. The van der Waals surface area contributed by atoms with Crippen LogP contribution in [-0.4, -0.2) is 11.5 Å². The zero-order valence-electron chi connectivity index (χ0n) is 7.49. The Bertz CT molecular complexity index is 361. The van der Waals surface area contributed by atoms with Gasteiger partial charge in [0, 0.05) is 12.7 Å². The highest BCUT2D eigenvalue weighted by atomic mass is 14.7. The Morgan fingerprint density at radius 3 is 3.00 bits per heavy atom. The standard InChI is InChI=1S/C10H11N3/c1-8-5-9(3-2-4-11)7-13-10(8)6-12/h2-3,5,7H,4,11H2,1H3. The van der Waals surface area contributed by atoms with Crippen LogP contribution in [0.5, 0.6) is 0 Å². The second-order valence-corrected chi connectivity index (χ2v) is 2.68. The molecule has 3 heteroatoms. The van der Waals surface area contributed by atoms with Gasteiger partial charge in [0.2, 0.25) is 0 Å². The SMILES string of the molecule is Cc1cc(C=CCN)cnc1C#N. The van der Waals surface area contributed by atoms with Crippen molar-refractivity contribution in [3.8, 4) is 6.07 Å². The van der Waals surface area contributed by atoms with E-state index in [2.05, 4.69) is 4.98 Å². The first-order chi connectivity index (χ1) is 6.27. The fourth-order valence-electron chi connectivity index (χ4n) is 1.01. The normalized spacial score (nSPS) is 10.2. The highest BCUT2D eigenvalue weighted by Gasteiger charge is 1.97. The molecule has 0 aliphatic heterocycles. The molecule has 13 heavy (non-hydrogen) atoms. The maximum atomic E-state index is 8.63. The van der Waals surface area contributed by atoms with E-state index in [1.165, 1.54) is 0 Å². The number of nitrogens with two attached hydrogens (primary N) is 1. The van der Waals surface area contributed by atoms with E-state index in [0.717, 1.165) is 11.1 Å². The van der Waals surface area contributed by atoms with E-state index < -0.39 is 0 Å². The van der Waals surface area contributed by atoms with Gasteiger partial charge in [-0.3, -0.25) is 0 Å². The van der Waals surface area contributed by atoms with Crippen molar-refractivity contribution in [1.82, 2.24) is 4.98 Å². The van der Waals surface area contributed by atoms with Crippen LogP contribution in [-0.2, 0) is 0 Å². The largest absolute Gasteiger partial charge is 0.327 e. The average Bonchev–Trinajstić information content (AvgIpc) is 2.15. The quantitative estimate of drug-likeness (QED) is 0.731. The molecule has 0 saturated heterocycles. The molecule has 0 aliphatic carbocycles. The maximum Gasteiger partial charge on any atom is 0.143 e. The van der Waals surface area contributed by atoms with Crippen LogP contribution in [0.2, 0.25) is 0 Å². The summed E-state index contributed by atoms with van der Waals surface area (Å²) < 4.78 is 0. The number of aromatic nitrogens is 1. The molecule has 0 amide bonds. The number of aryl methyl sites for hydroxylation is 1. The van der Waals surface area contributed by atoms with Crippen molar-refractivity contribution in [1.29, 1.82) is 5.26 Å². The molecular weight excluding hydrogens is 162 g/mol. The molecule has 1 aromatic rings. The number of nitrogens with zero attached hydrogens (tertiary/aromatic N) is 2. The van der Waals surface area contributed by atoms with E-state index in [1.807, 2.05) is 31.2 Å². The molecule has 0 saturated carbocycles. The summed E-state index contributed by atoms with van der Waals surface area (Å²) in [4.78, 5) is 4.00. The Labute approximate surface area is 77.5 Å². The molecular formula is C10H11N3. The second-order valence-electron chi connectivity index (χ2n) is 2.68. The van der Waals surface area contributed by atoms with Gasteiger partial charge in [0.15, 0.2) is 0 Å². The van der Waals surface area contributed by atoms with Crippen LogP contribution >= 0.6 is 0 Å². The second kappa shape index (κ2) is 4.39. The highest BCUT2D eigenvalue weighted by molar-refractivity contribution is 5.50. The minimum Gasteiger partial charge on any atom is -0.327 e. The molecule has 0 aliphatic rings. The Hall–Kier alpha value is -1.66. The molecule has 1 rings (SSSR count). The number of hydrogen-bond donors (Lipinski definition) is 1. The first-order valence-electron chi connectivity index (χ1n) is 4.01. The van der Waals surface area contributed by atoms with Crippen molar-refractivity contribution >= 4 is 6.08 Å². The first-order valence-corrected chi connectivity index (χ1v) is 4.01. The number of rotatable bonds is 2. The topological polar surface area (TPSA) is 62.7 Å². The third-order valence-electron chi connectivity index (χ3n) is 1.65. The van der Waals surface area contributed by atoms with Crippen LogP contribution in [0, 0.1) is 18.3 Å². The molecule has 0 radical (unpaired) electrons. The van der Waals surface area contributed by atoms with Gasteiger partial charge in [0.05, 0.1) is 0 Å². The van der Waals surface area contributed by atoms with Crippen molar-refractivity contribution in [2.45, 2.75) is 6.92 Å². The molecule has 2 N–H and O–H groups in total. The van der Waals surface area contributed by atoms with E-state index in [-0.39, 0.29) is 0 Å². The van der Waals surface area contributed by atoms with Gasteiger partial charge in [0.25, 0.3) is 0 Å². The molecule has 1 heterocycles. The van der Waals surface area contributed by atoms with Gasteiger partial charge in [-0.05, 0) is 24.1 Å². The van der Waals surface area contributed by atoms with Crippen LogP contribution in [0.4, 0.5) is 0 Å². The third-order valence-corrected chi connectivity index (χ3v) is 1.65. The molecule has 0 bridgehead atoms. The molecule has 0 fully saturated rings. The van der Waals surface area contributed by atoms with Crippen LogP contribution in [0.15, 0.2) is 18.3 Å². The van der Waals surface area contributed by atoms with Gasteiger partial charge in [-0.2, -0.15) is 5.26 Å². The first kappa shape index (κ1) is 9.43. The minimum atomic E-state index is 0.477. The Morgan fingerprint density at radius 2 is 2.46 bits per heavy atom. The Kier molecular flexibility index (Phi) is 3.18.